The highest BCUT2D eigenvalue weighted by atomic mass is 79.9. The predicted molar refractivity (Wildman–Crippen MR) is 90.6 cm³/mol. The van der Waals surface area contributed by atoms with E-state index in [2.05, 4.69) is 41.8 Å². The Kier molecular flexibility index (Phi) is 4.52. The van der Waals surface area contributed by atoms with Crippen LogP contribution in [-0.4, -0.2) is 36.1 Å². The minimum Gasteiger partial charge on any atom is -0.367 e. The number of aromatic nitrogens is 2. The number of rotatable bonds is 2. The lowest BCUT2D eigenvalue weighted by atomic mass is 10.2. The van der Waals surface area contributed by atoms with Gasteiger partial charge in [0.25, 0.3) is 0 Å². The Morgan fingerprint density at radius 3 is 2.33 bits per heavy atom. The first-order chi connectivity index (χ1) is 10.1. The maximum absolute atomic E-state index is 6.22. The molecule has 0 amide bonds. The maximum Gasteiger partial charge on any atom is 0.147 e. The third-order valence-corrected chi connectivity index (χ3v) is 4.34. The van der Waals surface area contributed by atoms with Gasteiger partial charge < -0.3 is 9.80 Å². The number of hydrogen-bond donors (Lipinski definition) is 0. The van der Waals surface area contributed by atoms with Crippen molar-refractivity contribution < 1.29 is 0 Å². The molecule has 0 radical (unpaired) electrons. The molecule has 0 saturated carbocycles. The summed E-state index contributed by atoms with van der Waals surface area (Å²) < 4.78 is 0.991. The van der Waals surface area contributed by atoms with Crippen molar-refractivity contribution in [3.8, 4) is 0 Å². The van der Waals surface area contributed by atoms with Gasteiger partial charge in [0.1, 0.15) is 5.82 Å². The van der Waals surface area contributed by atoms with Gasteiger partial charge in [0.15, 0.2) is 0 Å². The lowest BCUT2D eigenvalue weighted by Gasteiger charge is -2.36. The summed E-state index contributed by atoms with van der Waals surface area (Å²) in [5.74, 6) is 0.799. The second kappa shape index (κ2) is 6.38. The number of piperazine rings is 1. The number of hydrogen-bond acceptors (Lipinski definition) is 4. The zero-order valence-corrected chi connectivity index (χ0v) is 14.2. The molecule has 4 nitrogen and oxygen atoms in total. The second-order valence-corrected chi connectivity index (χ2v) is 6.55. The molecule has 1 aliphatic heterocycles. The Hall–Kier alpha value is -1.04. The van der Waals surface area contributed by atoms with Crippen molar-refractivity contribution in [2.75, 3.05) is 36.0 Å². The monoisotopic (exact) mass is 386 g/mol. The fourth-order valence-corrected chi connectivity index (χ4v) is 3.24. The summed E-state index contributed by atoms with van der Waals surface area (Å²) in [6, 6.07) is 3.81. The van der Waals surface area contributed by atoms with Gasteiger partial charge in [0.05, 0.1) is 21.9 Å². The van der Waals surface area contributed by atoms with Gasteiger partial charge in [0, 0.05) is 43.0 Å². The van der Waals surface area contributed by atoms with Gasteiger partial charge in [-0.1, -0.05) is 23.2 Å². The summed E-state index contributed by atoms with van der Waals surface area (Å²) >= 11 is 15.6. The van der Waals surface area contributed by atoms with E-state index in [0.717, 1.165) is 42.2 Å². The summed E-state index contributed by atoms with van der Waals surface area (Å²) in [4.78, 5) is 13.0. The van der Waals surface area contributed by atoms with Crippen LogP contribution in [0.5, 0.6) is 0 Å². The van der Waals surface area contributed by atoms with Gasteiger partial charge in [0.2, 0.25) is 0 Å². The molecule has 110 valence electrons. The number of nitrogens with zero attached hydrogens (tertiary/aromatic N) is 4. The van der Waals surface area contributed by atoms with Crippen LogP contribution in [0.4, 0.5) is 11.5 Å². The van der Waals surface area contributed by atoms with Crippen LogP contribution < -0.4 is 9.80 Å². The Labute approximate surface area is 141 Å². The molecule has 3 rings (SSSR count). The molecule has 1 aliphatic rings. The predicted octanol–water partition coefficient (Wildman–Crippen LogP) is 3.87. The zero-order chi connectivity index (χ0) is 14.8. The second-order valence-electron chi connectivity index (χ2n) is 4.79. The van der Waals surface area contributed by atoms with Crippen molar-refractivity contribution in [1.82, 2.24) is 9.97 Å². The van der Waals surface area contributed by atoms with Crippen molar-refractivity contribution >= 4 is 50.6 Å². The molecule has 3 heterocycles. The normalized spacial score (nSPS) is 15.4. The van der Waals surface area contributed by atoms with E-state index in [1.807, 2.05) is 6.20 Å². The van der Waals surface area contributed by atoms with Crippen LogP contribution >= 0.6 is 39.1 Å². The van der Waals surface area contributed by atoms with E-state index < -0.39 is 0 Å². The van der Waals surface area contributed by atoms with Crippen molar-refractivity contribution in [3.63, 3.8) is 0 Å². The molecule has 2 aromatic heterocycles. The van der Waals surface area contributed by atoms with E-state index in [4.69, 9.17) is 23.2 Å². The number of pyridine rings is 2. The van der Waals surface area contributed by atoms with Crippen LogP contribution in [0.1, 0.15) is 0 Å². The largest absolute Gasteiger partial charge is 0.367 e. The van der Waals surface area contributed by atoms with E-state index in [1.54, 1.807) is 18.5 Å². The number of halogens is 3. The van der Waals surface area contributed by atoms with E-state index >= 15 is 0 Å². The van der Waals surface area contributed by atoms with E-state index in [0.29, 0.717) is 10.0 Å². The summed E-state index contributed by atoms with van der Waals surface area (Å²) in [6.07, 6.45) is 5.30. The third-order valence-electron chi connectivity index (χ3n) is 3.42. The summed E-state index contributed by atoms with van der Waals surface area (Å²) in [5, 5.41) is 1.16. The standard InChI is InChI=1S/C14H13BrCl2N4/c15-10-5-12(9-18-7-10)20-1-3-21(4-2-20)14-13(17)6-11(16)8-19-14/h5-9H,1-4H2. The molecule has 1 fully saturated rings. The van der Waals surface area contributed by atoms with Gasteiger partial charge in [-0.2, -0.15) is 0 Å². The van der Waals surface area contributed by atoms with Crippen molar-refractivity contribution in [3.05, 3.63) is 45.2 Å². The summed E-state index contributed by atoms with van der Waals surface area (Å²) in [5.41, 5.74) is 1.12. The first-order valence-electron chi connectivity index (χ1n) is 6.55. The third kappa shape index (κ3) is 3.42. The lowest BCUT2D eigenvalue weighted by Crippen LogP contribution is -2.47. The van der Waals surface area contributed by atoms with Crippen LogP contribution in [0.15, 0.2) is 35.2 Å². The average molecular weight is 388 g/mol. The van der Waals surface area contributed by atoms with Crippen molar-refractivity contribution in [1.29, 1.82) is 0 Å². The highest BCUT2D eigenvalue weighted by molar-refractivity contribution is 9.10. The van der Waals surface area contributed by atoms with E-state index in [-0.39, 0.29) is 0 Å². The topological polar surface area (TPSA) is 32.3 Å². The Morgan fingerprint density at radius 2 is 1.67 bits per heavy atom. The molecule has 0 unspecified atom stereocenters. The fraction of sp³-hybridized carbons (Fsp3) is 0.286. The quantitative estimate of drug-likeness (QED) is 0.782. The van der Waals surface area contributed by atoms with Crippen LogP contribution in [0.25, 0.3) is 0 Å². The smallest absolute Gasteiger partial charge is 0.147 e. The van der Waals surface area contributed by atoms with Gasteiger partial charge in [-0.05, 0) is 28.1 Å². The molecule has 0 atom stereocenters. The first-order valence-corrected chi connectivity index (χ1v) is 8.10. The molecule has 7 heteroatoms. The Bertz CT molecular complexity index is 645. The van der Waals surface area contributed by atoms with Crippen LogP contribution in [0.2, 0.25) is 10.0 Å². The lowest BCUT2D eigenvalue weighted by molar-refractivity contribution is 0.646. The zero-order valence-electron chi connectivity index (χ0n) is 11.1. The molecule has 0 aliphatic carbocycles. The Balaban J connectivity index is 1.70. The first kappa shape index (κ1) is 14.9. The minimum atomic E-state index is 0.558. The van der Waals surface area contributed by atoms with Crippen molar-refractivity contribution in [2.45, 2.75) is 0 Å². The molecule has 0 spiro atoms. The molecule has 21 heavy (non-hydrogen) atoms. The average Bonchev–Trinajstić information content (AvgIpc) is 2.47. The SMILES string of the molecule is Clc1cnc(N2CCN(c3cncc(Br)c3)CC2)c(Cl)c1. The molecule has 0 aromatic carbocycles. The highest BCUT2D eigenvalue weighted by Crippen LogP contribution is 2.28. The molecule has 2 aromatic rings. The van der Waals surface area contributed by atoms with Crippen LogP contribution in [-0.2, 0) is 0 Å². The van der Waals surface area contributed by atoms with Gasteiger partial charge in [-0.25, -0.2) is 4.98 Å². The maximum atomic E-state index is 6.22. The molecule has 1 saturated heterocycles. The fourth-order valence-electron chi connectivity index (χ4n) is 2.39. The molecular weight excluding hydrogens is 375 g/mol. The molecular formula is C14H13BrCl2N4. The molecule has 0 bridgehead atoms. The van der Waals surface area contributed by atoms with Crippen LogP contribution in [0.3, 0.4) is 0 Å². The van der Waals surface area contributed by atoms with Crippen molar-refractivity contribution in [2.24, 2.45) is 0 Å². The minimum absolute atomic E-state index is 0.558. The van der Waals surface area contributed by atoms with E-state index in [9.17, 15) is 0 Å². The van der Waals surface area contributed by atoms with E-state index in [1.165, 1.54) is 0 Å². The molecule has 0 N–H and O–H groups in total. The van der Waals surface area contributed by atoms with Gasteiger partial charge in [-0.3, -0.25) is 4.98 Å². The highest BCUT2D eigenvalue weighted by Gasteiger charge is 2.20. The van der Waals surface area contributed by atoms with Crippen LogP contribution in [0, 0.1) is 0 Å². The summed E-state index contributed by atoms with van der Waals surface area (Å²) in [7, 11) is 0. The number of anilines is 2. The van der Waals surface area contributed by atoms with Gasteiger partial charge >= 0.3 is 0 Å². The summed E-state index contributed by atoms with van der Waals surface area (Å²) in [6.45, 7) is 3.53. The Morgan fingerprint density at radius 1 is 0.952 bits per heavy atom. The van der Waals surface area contributed by atoms with Gasteiger partial charge in [-0.15, -0.1) is 0 Å².